The normalized spacial score (nSPS) is 23.8. The minimum atomic E-state index is 1.11. The van der Waals surface area contributed by atoms with Crippen molar-refractivity contribution in [2.45, 2.75) is 6.42 Å². The number of likely N-dealkylation sites (tertiary alicyclic amines) is 2. The largest absolute Gasteiger partial charge is 0.302 e. The predicted octanol–water partition coefficient (Wildman–Crippen LogP) is 1.37. The van der Waals surface area contributed by atoms with Crippen molar-refractivity contribution >= 4 is 0 Å². The molecule has 2 aliphatic rings. The van der Waals surface area contributed by atoms with E-state index in [1.54, 1.807) is 0 Å². The summed E-state index contributed by atoms with van der Waals surface area (Å²) in [6.45, 7) is 12.2. The summed E-state index contributed by atoms with van der Waals surface area (Å²) in [5.74, 6) is 0. The Hall–Kier alpha value is -0.600. The van der Waals surface area contributed by atoms with Gasteiger partial charge in [-0.15, -0.1) is 0 Å². The minimum absolute atomic E-state index is 1.11. The molecule has 2 heterocycles. The molecule has 0 atom stereocenters. The van der Waals surface area contributed by atoms with Gasteiger partial charge in [-0.25, -0.2) is 0 Å². The van der Waals surface area contributed by atoms with Gasteiger partial charge >= 0.3 is 0 Å². The van der Waals surface area contributed by atoms with Crippen LogP contribution in [0.15, 0.2) is 24.3 Å². The summed E-state index contributed by atoms with van der Waals surface area (Å²) in [5.41, 5.74) is 2.74. The summed E-state index contributed by atoms with van der Waals surface area (Å²) in [5, 5.41) is 0. The molecule has 2 nitrogen and oxygen atoms in total. The number of hydrogen-bond donors (Lipinski definition) is 0. The van der Waals surface area contributed by atoms with Crippen LogP contribution < -0.4 is 0 Å². The summed E-state index contributed by atoms with van der Waals surface area (Å²) in [7, 11) is 4.22. The van der Waals surface area contributed by atoms with Gasteiger partial charge < -0.3 is 4.90 Å². The monoisotopic (exact) mass is 180 g/mol. The highest BCUT2D eigenvalue weighted by atomic mass is 15.1. The highest BCUT2D eigenvalue weighted by Gasteiger charge is 2.10. The molecule has 2 fully saturated rings. The quantitative estimate of drug-likeness (QED) is 0.519. The summed E-state index contributed by atoms with van der Waals surface area (Å²) in [6, 6.07) is 0. The Balaban J connectivity index is 0.000000132. The van der Waals surface area contributed by atoms with E-state index in [2.05, 4.69) is 37.1 Å². The van der Waals surface area contributed by atoms with Crippen molar-refractivity contribution in [2.75, 3.05) is 40.3 Å². The average Bonchev–Trinajstić information content (AvgIpc) is 2.33. The van der Waals surface area contributed by atoms with Gasteiger partial charge in [-0.1, -0.05) is 18.7 Å². The van der Waals surface area contributed by atoms with Crippen LogP contribution in [0.25, 0.3) is 0 Å². The zero-order chi connectivity index (χ0) is 9.84. The van der Waals surface area contributed by atoms with Crippen molar-refractivity contribution in [1.82, 2.24) is 9.80 Å². The van der Waals surface area contributed by atoms with Gasteiger partial charge in [0.2, 0.25) is 0 Å². The number of rotatable bonds is 0. The van der Waals surface area contributed by atoms with Crippen LogP contribution in [0.1, 0.15) is 6.42 Å². The second-order valence-electron chi connectivity index (χ2n) is 4.16. The number of hydrogen-bond acceptors (Lipinski definition) is 2. The highest BCUT2D eigenvalue weighted by molar-refractivity contribution is 5.08. The van der Waals surface area contributed by atoms with Crippen LogP contribution >= 0.6 is 0 Å². The number of likely N-dealkylation sites (N-methyl/N-ethyl adjacent to an activating group) is 2. The second kappa shape index (κ2) is 4.58. The van der Waals surface area contributed by atoms with E-state index in [0.717, 1.165) is 19.6 Å². The minimum Gasteiger partial charge on any atom is -0.302 e. The zero-order valence-electron chi connectivity index (χ0n) is 8.84. The van der Waals surface area contributed by atoms with Crippen LogP contribution in [0.2, 0.25) is 0 Å². The third-order valence-electron chi connectivity index (χ3n) is 2.33. The van der Waals surface area contributed by atoms with Crippen molar-refractivity contribution in [1.29, 1.82) is 0 Å². The van der Waals surface area contributed by atoms with Crippen molar-refractivity contribution in [3.63, 3.8) is 0 Å². The van der Waals surface area contributed by atoms with Crippen LogP contribution in [0.5, 0.6) is 0 Å². The third kappa shape index (κ3) is 3.75. The van der Waals surface area contributed by atoms with E-state index in [1.807, 2.05) is 0 Å². The first kappa shape index (κ1) is 10.5. The standard InChI is InChI=1S/C6H11N.C5H9N/c1-6-3-4-7(2)5-6;1-5-3-6(2)4-5/h1,3-5H2,2H3;1,3-4H2,2H3. The SMILES string of the molecule is C=C1CCN(C)C1.C=C1CN(C)C1. The Morgan fingerprint density at radius 1 is 0.923 bits per heavy atom. The van der Waals surface area contributed by atoms with E-state index < -0.39 is 0 Å². The molecular weight excluding hydrogens is 160 g/mol. The highest BCUT2D eigenvalue weighted by Crippen LogP contribution is 2.08. The molecule has 0 aromatic rings. The Kier molecular flexibility index (Phi) is 3.70. The molecular formula is C11H20N2. The maximum absolute atomic E-state index is 3.86. The molecule has 0 N–H and O–H groups in total. The smallest absolute Gasteiger partial charge is 0.0203 e. The van der Waals surface area contributed by atoms with E-state index in [-0.39, 0.29) is 0 Å². The lowest BCUT2D eigenvalue weighted by Crippen LogP contribution is -2.35. The molecule has 0 unspecified atom stereocenters. The molecule has 74 valence electrons. The average molecular weight is 180 g/mol. The van der Waals surface area contributed by atoms with Gasteiger partial charge in [-0.2, -0.15) is 0 Å². The van der Waals surface area contributed by atoms with Gasteiger partial charge in [-0.3, -0.25) is 4.90 Å². The summed E-state index contributed by atoms with van der Waals surface area (Å²) in [6.07, 6.45) is 1.20. The molecule has 0 radical (unpaired) electrons. The lowest BCUT2D eigenvalue weighted by Gasteiger charge is -2.28. The van der Waals surface area contributed by atoms with Gasteiger partial charge in [-0.05, 0) is 26.1 Å². The Bertz CT molecular complexity index is 200. The van der Waals surface area contributed by atoms with E-state index >= 15 is 0 Å². The molecule has 2 heteroatoms. The van der Waals surface area contributed by atoms with E-state index in [1.165, 1.54) is 24.1 Å². The zero-order valence-corrected chi connectivity index (χ0v) is 8.84. The first-order valence-corrected chi connectivity index (χ1v) is 4.78. The van der Waals surface area contributed by atoms with Gasteiger partial charge in [0.1, 0.15) is 0 Å². The molecule has 0 aromatic heterocycles. The Labute approximate surface area is 81.5 Å². The van der Waals surface area contributed by atoms with Crippen LogP contribution in [-0.2, 0) is 0 Å². The molecule has 2 saturated heterocycles. The van der Waals surface area contributed by atoms with Crippen LogP contribution in [0.4, 0.5) is 0 Å². The molecule has 0 spiro atoms. The van der Waals surface area contributed by atoms with Gasteiger partial charge in [0.15, 0.2) is 0 Å². The van der Waals surface area contributed by atoms with Crippen molar-refractivity contribution in [3.8, 4) is 0 Å². The third-order valence-corrected chi connectivity index (χ3v) is 2.33. The Morgan fingerprint density at radius 3 is 1.54 bits per heavy atom. The summed E-state index contributed by atoms with van der Waals surface area (Å²) >= 11 is 0. The molecule has 2 rings (SSSR count). The van der Waals surface area contributed by atoms with Crippen molar-refractivity contribution in [2.24, 2.45) is 0 Å². The molecule has 0 saturated carbocycles. The maximum atomic E-state index is 3.86. The summed E-state index contributed by atoms with van der Waals surface area (Å²) in [4.78, 5) is 4.50. The van der Waals surface area contributed by atoms with Crippen molar-refractivity contribution < 1.29 is 0 Å². The van der Waals surface area contributed by atoms with Crippen LogP contribution in [-0.4, -0.2) is 50.1 Å². The number of nitrogens with zero attached hydrogens (tertiary/aromatic N) is 2. The molecule has 0 amide bonds. The fraction of sp³-hybridized carbons (Fsp3) is 0.636. The molecule has 0 bridgehead atoms. The van der Waals surface area contributed by atoms with E-state index in [4.69, 9.17) is 0 Å². The van der Waals surface area contributed by atoms with E-state index in [9.17, 15) is 0 Å². The second-order valence-corrected chi connectivity index (χ2v) is 4.16. The van der Waals surface area contributed by atoms with Gasteiger partial charge in [0.05, 0.1) is 0 Å². The maximum Gasteiger partial charge on any atom is 0.0203 e. The fourth-order valence-corrected chi connectivity index (χ4v) is 1.61. The van der Waals surface area contributed by atoms with Crippen molar-refractivity contribution in [3.05, 3.63) is 24.3 Å². The fourth-order valence-electron chi connectivity index (χ4n) is 1.61. The van der Waals surface area contributed by atoms with Gasteiger partial charge in [0.25, 0.3) is 0 Å². The lowest BCUT2D eigenvalue weighted by molar-refractivity contribution is 0.311. The molecule has 13 heavy (non-hydrogen) atoms. The topological polar surface area (TPSA) is 6.48 Å². The van der Waals surface area contributed by atoms with Crippen LogP contribution in [0.3, 0.4) is 0 Å². The predicted molar refractivity (Wildman–Crippen MR) is 57.9 cm³/mol. The summed E-state index contributed by atoms with van der Waals surface area (Å²) < 4.78 is 0. The molecule has 0 aromatic carbocycles. The van der Waals surface area contributed by atoms with E-state index in [0.29, 0.717) is 0 Å². The molecule has 2 aliphatic heterocycles. The Morgan fingerprint density at radius 2 is 1.46 bits per heavy atom. The van der Waals surface area contributed by atoms with Crippen LogP contribution in [0, 0.1) is 0 Å². The lowest BCUT2D eigenvalue weighted by atomic mass is 10.2. The first-order valence-electron chi connectivity index (χ1n) is 4.78. The molecule has 0 aliphatic carbocycles. The van der Waals surface area contributed by atoms with Gasteiger partial charge in [0, 0.05) is 26.2 Å². The first-order chi connectivity index (χ1) is 6.08.